The van der Waals surface area contributed by atoms with Gasteiger partial charge in [-0.3, -0.25) is 10.1 Å². The van der Waals surface area contributed by atoms with Crippen molar-refractivity contribution in [3.05, 3.63) is 56.8 Å². The molecule has 3 rings (SSSR count). The summed E-state index contributed by atoms with van der Waals surface area (Å²) in [7, 11) is 1.41. The number of hydrogen-bond acceptors (Lipinski definition) is 6. The van der Waals surface area contributed by atoms with E-state index in [1.807, 2.05) is 6.07 Å². The average molecular weight is 355 g/mol. The number of thioether (sulfide) groups is 1. The van der Waals surface area contributed by atoms with Crippen LogP contribution in [-0.4, -0.2) is 17.0 Å². The largest absolute Gasteiger partial charge is 0.490 e. The third kappa shape index (κ3) is 3.74. The minimum Gasteiger partial charge on any atom is -0.490 e. The lowest BCUT2D eigenvalue weighted by atomic mass is 9.95. The molecule has 7 heteroatoms. The summed E-state index contributed by atoms with van der Waals surface area (Å²) < 4.78 is 5.02. The lowest BCUT2D eigenvalue weighted by molar-refractivity contribution is -0.385. The third-order valence-electron chi connectivity index (χ3n) is 4.20. The van der Waals surface area contributed by atoms with Crippen molar-refractivity contribution in [3.8, 4) is 11.8 Å². The van der Waals surface area contributed by atoms with Gasteiger partial charge in [0.1, 0.15) is 11.1 Å². The number of benzene rings is 1. The number of ether oxygens (including phenoxy) is 1. The van der Waals surface area contributed by atoms with E-state index in [-0.39, 0.29) is 11.4 Å². The highest BCUT2D eigenvalue weighted by molar-refractivity contribution is 7.98. The number of aryl methyl sites for hydroxylation is 2. The topological polar surface area (TPSA) is 89.0 Å². The van der Waals surface area contributed by atoms with Crippen molar-refractivity contribution >= 4 is 17.4 Å². The molecule has 1 aliphatic rings. The monoisotopic (exact) mass is 355 g/mol. The van der Waals surface area contributed by atoms with Crippen molar-refractivity contribution < 1.29 is 9.66 Å². The third-order valence-corrected chi connectivity index (χ3v) is 5.26. The smallest absolute Gasteiger partial charge is 0.311 e. The number of rotatable bonds is 5. The summed E-state index contributed by atoms with van der Waals surface area (Å²) in [4.78, 5) is 15.4. The van der Waals surface area contributed by atoms with Gasteiger partial charge in [-0.15, -0.1) is 11.8 Å². The number of fused-ring (bicyclic) bond motifs is 1. The van der Waals surface area contributed by atoms with Crippen molar-refractivity contribution in [2.75, 3.05) is 7.11 Å². The van der Waals surface area contributed by atoms with Crippen LogP contribution in [0.4, 0.5) is 5.69 Å². The highest BCUT2D eigenvalue weighted by atomic mass is 32.2. The number of aromatic nitrogens is 1. The predicted octanol–water partition coefficient (Wildman–Crippen LogP) is 4.04. The van der Waals surface area contributed by atoms with E-state index in [1.165, 1.54) is 30.5 Å². The molecule has 0 radical (unpaired) electrons. The van der Waals surface area contributed by atoms with Crippen LogP contribution in [0, 0.1) is 21.4 Å². The first-order chi connectivity index (χ1) is 12.1. The van der Waals surface area contributed by atoms with Gasteiger partial charge in [0, 0.05) is 17.5 Å². The van der Waals surface area contributed by atoms with Crippen LogP contribution in [-0.2, 0) is 18.6 Å². The van der Waals surface area contributed by atoms with Crippen molar-refractivity contribution in [2.45, 2.75) is 36.5 Å². The van der Waals surface area contributed by atoms with Crippen molar-refractivity contribution in [3.63, 3.8) is 0 Å². The van der Waals surface area contributed by atoms with E-state index in [9.17, 15) is 15.4 Å². The van der Waals surface area contributed by atoms with Crippen LogP contribution in [0.2, 0.25) is 0 Å². The molecule has 1 heterocycles. The first kappa shape index (κ1) is 17.2. The van der Waals surface area contributed by atoms with Crippen molar-refractivity contribution in [2.24, 2.45) is 0 Å². The van der Waals surface area contributed by atoms with E-state index in [4.69, 9.17) is 4.74 Å². The number of nitrogens with zero attached hydrogens (tertiary/aromatic N) is 3. The van der Waals surface area contributed by atoms with Gasteiger partial charge in [0.15, 0.2) is 5.75 Å². The molecule has 0 fully saturated rings. The van der Waals surface area contributed by atoms with E-state index in [2.05, 4.69) is 11.1 Å². The molecule has 0 spiro atoms. The fourth-order valence-corrected chi connectivity index (χ4v) is 3.84. The Morgan fingerprint density at radius 2 is 2.16 bits per heavy atom. The lowest BCUT2D eigenvalue weighted by Crippen LogP contribution is -2.07. The predicted molar refractivity (Wildman–Crippen MR) is 94.8 cm³/mol. The van der Waals surface area contributed by atoms with E-state index >= 15 is 0 Å². The Morgan fingerprint density at radius 3 is 2.88 bits per heavy atom. The first-order valence-electron chi connectivity index (χ1n) is 7.99. The van der Waals surface area contributed by atoms with Crippen LogP contribution in [0.15, 0.2) is 29.3 Å². The van der Waals surface area contributed by atoms with Gasteiger partial charge in [-0.05, 0) is 48.9 Å². The Hall–Kier alpha value is -2.59. The van der Waals surface area contributed by atoms with Crippen LogP contribution in [0.5, 0.6) is 5.75 Å². The van der Waals surface area contributed by atoms with Gasteiger partial charge in [0.25, 0.3) is 0 Å². The molecule has 0 atom stereocenters. The Balaban J connectivity index is 1.83. The quantitative estimate of drug-likeness (QED) is 0.457. The number of hydrogen-bond donors (Lipinski definition) is 0. The molecule has 0 N–H and O–H groups in total. The van der Waals surface area contributed by atoms with Gasteiger partial charge < -0.3 is 4.74 Å². The fraction of sp³-hybridized carbons (Fsp3) is 0.333. The molecule has 6 nitrogen and oxygen atoms in total. The SMILES string of the molecule is COc1ccc(CSc2nc3c(cc2C#N)CCCC3)cc1[N+](=O)[O-]. The summed E-state index contributed by atoms with van der Waals surface area (Å²) in [5.41, 5.74) is 3.56. The Morgan fingerprint density at radius 1 is 1.36 bits per heavy atom. The van der Waals surface area contributed by atoms with Gasteiger partial charge in [-0.2, -0.15) is 5.26 Å². The number of methoxy groups -OCH3 is 1. The zero-order valence-corrected chi connectivity index (χ0v) is 14.6. The van der Waals surface area contributed by atoms with Crippen LogP contribution in [0.3, 0.4) is 0 Å². The van der Waals surface area contributed by atoms with Crippen molar-refractivity contribution in [1.29, 1.82) is 5.26 Å². The van der Waals surface area contributed by atoms with E-state index in [1.54, 1.807) is 12.1 Å². The van der Waals surface area contributed by atoms with E-state index in [0.29, 0.717) is 16.3 Å². The first-order valence-corrected chi connectivity index (χ1v) is 8.98. The minimum atomic E-state index is -0.454. The van der Waals surface area contributed by atoms with Gasteiger partial charge in [-0.1, -0.05) is 6.07 Å². The normalized spacial score (nSPS) is 13.0. The molecule has 0 unspecified atom stereocenters. The van der Waals surface area contributed by atoms with Crippen molar-refractivity contribution in [1.82, 2.24) is 4.98 Å². The molecule has 1 aromatic heterocycles. The van der Waals surface area contributed by atoms with Crippen LogP contribution < -0.4 is 4.74 Å². The highest BCUT2D eigenvalue weighted by Gasteiger charge is 2.17. The number of nitro groups is 1. The van der Waals surface area contributed by atoms with E-state index < -0.39 is 4.92 Å². The maximum Gasteiger partial charge on any atom is 0.311 e. The molecule has 0 saturated carbocycles. The Labute approximate surface area is 150 Å². The van der Waals surface area contributed by atoms with Gasteiger partial charge in [0.05, 0.1) is 17.6 Å². The fourth-order valence-electron chi connectivity index (χ4n) is 2.92. The standard InChI is InChI=1S/C18H17N3O3S/c1-24-17-7-6-12(8-16(17)21(22)23)11-25-18-14(10-19)9-13-4-2-3-5-15(13)20-18/h6-9H,2-5,11H2,1H3. The van der Waals surface area contributed by atoms with Crippen LogP contribution in [0.25, 0.3) is 0 Å². The zero-order valence-electron chi connectivity index (χ0n) is 13.8. The summed E-state index contributed by atoms with van der Waals surface area (Å²) >= 11 is 1.43. The van der Waals surface area contributed by atoms with Gasteiger partial charge in [0.2, 0.25) is 0 Å². The molecule has 25 heavy (non-hydrogen) atoms. The maximum atomic E-state index is 11.1. The van der Waals surface area contributed by atoms with Crippen LogP contribution >= 0.6 is 11.8 Å². The molecule has 0 bridgehead atoms. The summed E-state index contributed by atoms with van der Waals surface area (Å²) in [6.45, 7) is 0. The van der Waals surface area contributed by atoms with Gasteiger partial charge in [-0.25, -0.2) is 4.98 Å². The zero-order chi connectivity index (χ0) is 17.8. The number of nitro benzene ring substituents is 1. The van der Waals surface area contributed by atoms with Gasteiger partial charge >= 0.3 is 5.69 Å². The van der Waals surface area contributed by atoms with E-state index in [0.717, 1.165) is 36.9 Å². The maximum absolute atomic E-state index is 11.1. The molecular formula is C18H17N3O3S. The molecule has 2 aromatic rings. The molecule has 128 valence electrons. The minimum absolute atomic E-state index is 0.0560. The van der Waals surface area contributed by atoms with Crippen LogP contribution in [0.1, 0.15) is 35.2 Å². The summed E-state index contributed by atoms with van der Waals surface area (Å²) in [6.07, 6.45) is 4.19. The molecule has 0 amide bonds. The second-order valence-corrected chi connectivity index (χ2v) is 6.78. The molecule has 0 aliphatic heterocycles. The molecule has 1 aromatic carbocycles. The lowest BCUT2D eigenvalue weighted by Gasteiger charge is -2.16. The number of nitriles is 1. The molecule has 0 saturated heterocycles. The average Bonchev–Trinajstić information content (AvgIpc) is 2.65. The highest BCUT2D eigenvalue weighted by Crippen LogP contribution is 2.32. The summed E-state index contributed by atoms with van der Waals surface area (Å²) in [5.74, 6) is 0.744. The Bertz CT molecular complexity index is 861. The summed E-state index contributed by atoms with van der Waals surface area (Å²) in [6, 6.07) is 9.06. The molecular weight excluding hydrogens is 338 g/mol. The molecule has 1 aliphatic carbocycles. The second-order valence-electron chi connectivity index (χ2n) is 5.82. The number of pyridine rings is 1. The second kappa shape index (κ2) is 7.53. The Kier molecular flexibility index (Phi) is 5.19. The summed E-state index contributed by atoms with van der Waals surface area (Å²) in [5, 5.41) is 21.2.